The maximum Gasteiger partial charge on any atom is 0.244 e. The first kappa shape index (κ1) is 15.4. The van der Waals surface area contributed by atoms with Crippen molar-refractivity contribution < 1.29 is 13.2 Å². The van der Waals surface area contributed by atoms with Crippen LogP contribution in [0.1, 0.15) is 11.4 Å². The molecule has 0 aliphatic carbocycles. The Bertz CT molecular complexity index is 556. The summed E-state index contributed by atoms with van der Waals surface area (Å²) in [6, 6.07) is 0. The smallest absolute Gasteiger partial charge is 0.244 e. The molecule has 1 aliphatic heterocycles. The van der Waals surface area contributed by atoms with Crippen LogP contribution in [0.15, 0.2) is 4.90 Å². The third-order valence-corrected chi connectivity index (χ3v) is 4.89. The molecule has 1 aliphatic rings. The lowest BCUT2D eigenvalue weighted by Gasteiger charge is -2.30. The molecular formula is C11H21N5O3S. The number of hydrogen-bond acceptors (Lipinski definition) is 6. The lowest BCUT2D eigenvalue weighted by molar-refractivity contribution is -0.0156. The van der Waals surface area contributed by atoms with Gasteiger partial charge in [0.25, 0.3) is 0 Å². The monoisotopic (exact) mass is 303 g/mol. The number of nitrogens with zero attached hydrogens (tertiary/aromatic N) is 2. The second-order valence-corrected chi connectivity index (χ2v) is 6.64. The fourth-order valence-electron chi connectivity index (χ4n) is 2.23. The third-order valence-electron chi connectivity index (χ3n) is 3.27. The van der Waals surface area contributed by atoms with Gasteiger partial charge in [-0.2, -0.15) is 5.10 Å². The van der Waals surface area contributed by atoms with Gasteiger partial charge in [0.2, 0.25) is 10.0 Å². The van der Waals surface area contributed by atoms with Gasteiger partial charge in [0, 0.05) is 26.2 Å². The number of hydrogen-bond donors (Lipinski definition) is 3. The summed E-state index contributed by atoms with van der Waals surface area (Å²) < 4.78 is 32.7. The van der Waals surface area contributed by atoms with E-state index >= 15 is 0 Å². The number of H-pyrrole nitrogens is 1. The van der Waals surface area contributed by atoms with E-state index < -0.39 is 10.0 Å². The Morgan fingerprint density at radius 1 is 1.60 bits per heavy atom. The molecule has 1 aromatic heterocycles. The van der Waals surface area contributed by atoms with Gasteiger partial charge in [-0.1, -0.05) is 0 Å². The van der Waals surface area contributed by atoms with Crippen molar-refractivity contribution in [2.24, 2.45) is 5.73 Å². The molecule has 2 heterocycles. The van der Waals surface area contributed by atoms with Crippen LogP contribution in [0, 0.1) is 6.92 Å². The van der Waals surface area contributed by atoms with Crippen LogP contribution in [0.4, 0.5) is 0 Å². The molecule has 1 aromatic rings. The summed E-state index contributed by atoms with van der Waals surface area (Å²) in [7, 11) is -1.65. The molecule has 0 amide bonds. The van der Waals surface area contributed by atoms with E-state index in [0.29, 0.717) is 24.5 Å². The van der Waals surface area contributed by atoms with Crippen LogP contribution in [0.5, 0.6) is 0 Å². The molecule has 20 heavy (non-hydrogen) atoms. The van der Waals surface area contributed by atoms with Crippen LogP contribution in [0.25, 0.3) is 0 Å². The molecule has 0 spiro atoms. The van der Waals surface area contributed by atoms with Gasteiger partial charge in [-0.05, 0) is 14.0 Å². The summed E-state index contributed by atoms with van der Waals surface area (Å²) in [6.45, 7) is 4.15. The number of rotatable bonds is 5. The molecule has 0 saturated carbocycles. The zero-order valence-corrected chi connectivity index (χ0v) is 12.5. The number of nitrogens with two attached hydrogens (primary N) is 1. The third kappa shape index (κ3) is 3.36. The predicted octanol–water partition coefficient (Wildman–Crippen LogP) is -1.21. The Labute approximate surface area is 118 Å². The first-order chi connectivity index (χ1) is 9.44. The van der Waals surface area contributed by atoms with E-state index in [1.54, 1.807) is 6.92 Å². The van der Waals surface area contributed by atoms with Gasteiger partial charge in [-0.25, -0.2) is 13.1 Å². The average molecular weight is 303 g/mol. The predicted molar refractivity (Wildman–Crippen MR) is 73.6 cm³/mol. The van der Waals surface area contributed by atoms with E-state index in [4.69, 9.17) is 10.5 Å². The quantitative estimate of drug-likeness (QED) is 0.629. The molecule has 1 unspecified atom stereocenters. The average Bonchev–Trinajstić information content (AvgIpc) is 2.78. The Balaban J connectivity index is 2.05. The largest absolute Gasteiger partial charge is 0.374 e. The lowest BCUT2D eigenvalue weighted by atomic mass is 10.3. The Morgan fingerprint density at radius 2 is 2.35 bits per heavy atom. The summed E-state index contributed by atoms with van der Waals surface area (Å²) in [5, 5.41) is 6.55. The van der Waals surface area contributed by atoms with Crippen LogP contribution in [-0.2, 0) is 21.3 Å². The van der Waals surface area contributed by atoms with E-state index in [1.807, 2.05) is 7.05 Å². The van der Waals surface area contributed by atoms with E-state index in [-0.39, 0.29) is 24.1 Å². The fourth-order valence-corrected chi connectivity index (χ4v) is 3.67. The zero-order valence-electron chi connectivity index (χ0n) is 11.7. The number of aromatic nitrogens is 2. The Kier molecular flexibility index (Phi) is 4.76. The number of sulfonamides is 1. The maximum atomic E-state index is 12.3. The number of nitrogens with one attached hydrogen (secondary N) is 2. The molecule has 0 bridgehead atoms. The highest BCUT2D eigenvalue weighted by Gasteiger charge is 2.26. The molecule has 8 nitrogen and oxygen atoms in total. The van der Waals surface area contributed by atoms with Crippen molar-refractivity contribution >= 4 is 10.0 Å². The molecule has 0 aromatic carbocycles. The van der Waals surface area contributed by atoms with Crippen molar-refractivity contribution in [2.75, 3.05) is 33.3 Å². The van der Waals surface area contributed by atoms with Gasteiger partial charge in [0.1, 0.15) is 4.90 Å². The van der Waals surface area contributed by atoms with Gasteiger partial charge in [0.15, 0.2) is 0 Å². The second-order valence-electron chi connectivity index (χ2n) is 4.94. The molecule has 0 radical (unpaired) electrons. The van der Waals surface area contributed by atoms with Crippen molar-refractivity contribution in [3.63, 3.8) is 0 Å². The minimum atomic E-state index is -3.63. The van der Waals surface area contributed by atoms with Gasteiger partial charge in [-0.3, -0.25) is 5.10 Å². The number of likely N-dealkylation sites (N-methyl/N-ethyl adjacent to an activating group) is 1. The van der Waals surface area contributed by atoms with Crippen molar-refractivity contribution in [1.29, 1.82) is 0 Å². The highest BCUT2D eigenvalue weighted by Crippen LogP contribution is 2.17. The van der Waals surface area contributed by atoms with Crippen molar-refractivity contribution in [3.8, 4) is 0 Å². The first-order valence-electron chi connectivity index (χ1n) is 6.47. The van der Waals surface area contributed by atoms with Crippen molar-refractivity contribution in [2.45, 2.75) is 24.5 Å². The number of morpholine rings is 1. The highest BCUT2D eigenvalue weighted by atomic mass is 32.2. The van der Waals surface area contributed by atoms with Crippen LogP contribution in [-0.4, -0.2) is 62.9 Å². The molecule has 4 N–H and O–H groups in total. The zero-order chi connectivity index (χ0) is 14.8. The second kappa shape index (κ2) is 6.19. The van der Waals surface area contributed by atoms with Crippen LogP contribution >= 0.6 is 0 Å². The summed E-state index contributed by atoms with van der Waals surface area (Å²) in [5.41, 5.74) is 6.34. The standard InChI is InChI=1S/C11H21N5O3S/c1-8-11(10(5-12)15-14-8)20(17,18)13-6-9-7-16(2)3-4-19-9/h9,13H,3-7,12H2,1-2H3,(H,14,15). The Hall–Kier alpha value is -1.00. The summed E-state index contributed by atoms with van der Waals surface area (Å²) in [6.07, 6.45) is -0.142. The van der Waals surface area contributed by atoms with Crippen LogP contribution in [0.2, 0.25) is 0 Å². The fraction of sp³-hybridized carbons (Fsp3) is 0.727. The minimum absolute atomic E-state index is 0.0727. The molecule has 1 atom stereocenters. The van der Waals surface area contributed by atoms with E-state index in [1.165, 1.54) is 0 Å². The molecule has 1 fully saturated rings. The molecule has 1 saturated heterocycles. The molecule has 2 rings (SSSR count). The van der Waals surface area contributed by atoms with Crippen molar-refractivity contribution in [3.05, 3.63) is 11.4 Å². The minimum Gasteiger partial charge on any atom is -0.374 e. The van der Waals surface area contributed by atoms with Gasteiger partial charge < -0.3 is 15.4 Å². The van der Waals surface area contributed by atoms with Crippen LogP contribution < -0.4 is 10.5 Å². The SMILES string of the molecule is Cc1[nH]nc(CN)c1S(=O)(=O)NCC1CN(C)CCO1. The van der Waals surface area contributed by atoms with E-state index in [0.717, 1.165) is 6.54 Å². The van der Waals surface area contributed by atoms with Crippen LogP contribution in [0.3, 0.4) is 0 Å². The lowest BCUT2D eigenvalue weighted by Crippen LogP contribution is -2.46. The number of aromatic amines is 1. The molecule has 114 valence electrons. The van der Waals surface area contributed by atoms with E-state index in [2.05, 4.69) is 19.8 Å². The number of aryl methyl sites for hydroxylation is 1. The maximum absolute atomic E-state index is 12.3. The van der Waals surface area contributed by atoms with Gasteiger partial charge >= 0.3 is 0 Å². The first-order valence-corrected chi connectivity index (χ1v) is 7.96. The van der Waals surface area contributed by atoms with Crippen molar-refractivity contribution in [1.82, 2.24) is 19.8 Å². The summed E-state index contributed by atoms with van der Waals surface area (Å²) in [4.78, 5) is 2.25. The molecule has 9 heteroatoms. The van der Waals surface area contributed by atoms with E-state index in [9.17, 15) is 8.42 Å². The Morgan fingerprint density at radius 3 is 3.00 bits per heavy atom. The highest BCUT2D eigenvalue weighted by molar-refractivity contribution is 7.89. The summed E-state index contributed by atoms with van der Waals surface area (Å²) >= 11 is 0. The topological polar surface area (TPSA) is 113 Å². The van der Waals surface area contributed by atoms with Gasteiger partial charge in [-0.15, -0.1) is 0 Å². The normalized spacial score (nSPS) is 21.2. The number of ether oxygens (including phenoxy) is 1. The summed E-state index contributed by atoms with van der Waals surface area (Å²) in [5.74, 6) is 0. The molecular weight excluding hydrogens is 282 g/mol. The van der Waals surface area contributed by atoms with Gasteiger partial charge in [0.05, 0.1) is 24.1 Å².